The molecule has 98 valence electrons. The van der Waals surface area contributed by atoms with Gasteiger partial charge in [-0.1, -0.05) is 24.3 Å². The van der Waals surface area contributed by atoms with Crippen LogP contribution < -0.4 is 10.1 Å². The van der Waals surface area contributed by atoms with Gasteiger partial charge in [-0.3, -0.25) is 0 Å². The lowest BCUT2D eigenvalue weighted by atomic mass is 10.00. The Morgan fingerprint density at radius 2 is 1.95 bits per heavy atom. The maximum atomic E-state index is 13.9. The van der Waals surface area contributed by atoms with Gasteiger partial charge in [0.1, 0.15) is 17.7 Å². The lowest BCUT2D eigenvalue weighted by Crippen LogP contribution is -2.33. The summed E-state index contributed by atoms with van der Waals surface area (Å²) in [4.78, 5) is 0. The predicted molar refractivity (Wildman–Crippen MR) is 74.0 cm³/mol. The number of rotatable bonds is 1. The highest BCUT2D eigenvalue weighted by atomic mass is 19.1. The summed E-state index contributed by atoms with van der Waals surface area (Å²) in [6.45, 7) is 4.01. The highest BCUT2D eigenvalue weighted by Crippen LogP contribution is 2.38. The van der Waals surface area contributed by atoms with Crippen molar-refractivity contribution in [2.24, 2.45) is 0 Å². The van der Waals surface area contributed by atoms with Crippen LogP contribution in [0.15, 0.2) is 42.5 Å². The van der Waals surface area contributed by atoms with Gasteiger partial charge in [0.15, 0.2) is 0 Å². The van der Waals surface area contributed by atoms with Gasteiger partial charge in [0, 0.05) is 5.56 Å². The zero-order chi connectivity index (χ0) is 13.4. The highest BCUT2D eigenvalue weighted by molar-refractivity contribution is 5.60. The van der Waals surface area contributed by atoms with Crippen LogP contribution in [-0.4, -0.2) is 6.04 Å². The van der Waals surface area contributed by atoms with Crippen molar-refractivity contribution in [2.45, 2.75) is 26.0 Å². The molecule has 2 aromatic carbocycles. The smallest absolute Gasteiger partial charge is 0.146 e. The Bertz CT molecular complexity index is 611. The summed E-state index contributed by atoms with van der Waals surface area (Å²) in [6, 6.07) is 12.8. The molecule has 0 saturated heterocycles. The van der Waals surface area contributed by atoms with Crippen LogP contribution in [0.4, 0.5) is 10.1 Å². The number of nitrogens with one attached hydrogen (secondary N) is 1. The zero-order valence-corrected chi connectivity index (χ0v) is 11.0. The minimum atomic E-state index is -0.310. The normalized spacial score (nSPS) is 21.2. The molecule has 2 atom stereocenters. The molecule has 0 fully saturated rings. The molecule has 0 aromatic heterocycles. The average Bonchev–Trinajstić information content (AvgIpc) is 2.39. The molecule has 0 spiro atoms. The van der Waals surface area contributed by atoms with Crippen molar-refractivity contribution in [1.29, 1.82) is 0 Å². The maximum Gasteiger partial charge on any atom is 0.146 e. The van der Waals surface area contributed by atoms with Gasteiger partial charge in [-0.05, 0) is 37.6 Å². The average molecular weight is 257 g/mol. The summed E-state index contributed by atoms with van der Waals surface area (Å²) >= 11 is 0. The van der Waals surface area contributed by atoms with E-state index in [1.165, 1.54) is 6.07 Å². The second kappa shape index (κ2) is 4.57. The van der Waals surface area contributed by atoms with Gasteiger partial charge in [-0.25, -0.2) is 4.39 Å². The van der Waals surface area contributed by atoms with E-state index in [1.807, 2.05) is 38.1 Å². The highest BCUT2D eigenvalue weighted by Gasteiger charge is 2.29. The Labute approximate surface area is 112 Å². The Kier molecular flexibility index (Phi) is 2.90. The number of hydrogen-bond acceptors (Lipinski definition) is 2. The molecule has 1 aliphatic heterocycles. The standard InChI is InChI=1S/C16H16FNO/c1-10-7-8-14-15(9-10)19-16(11(2)18-14)12-5-3-4-6-13(12)17/h3-9,11,16,18H,1-2H3. The molecule has 0 amide bonds. The van der Waals surface area contributed by atoms with Crippen LogP contribution in [0.2, 0.25) is 0 Å². The van der Waals surface area contributed by atoms with Gasteiger partial charge in [0.25, 0.3) is 0 Å². The van der Waals surface area contributed by atoms with Gasteiger partial charge in [0.05, 0.1) is 11.7 Å². The molecule has 3 rings (SSSR count). The summed E-state index contributed by atoms with van der Waals surface area (Å²) in [5.41, 5.74) is 2.68. The molecule has 1 aliphatic rings. The second-order valence-electron chi connectivity index (χ2n) is 4.99. The van der Waals surface area contributed by atoms with Gasteiger partial charge >= 0.3 is 0 Å². The molecule has 2 unspecified atom stereocenters. The number of anilines is 1. The van der Waals surface area contributed by atoms with E-state index < -0.39 is 0 Å². The van der Waals surface area contributed by atoms with Crippen LogP contribution in [0.1, 0.15) is 24.2 Å². The van der Waals surface area contributed by atoms with Gasteiger partial charge in [0.2, 0.25) is 0 Å². The molecule has 0 radical (unpaired) electrons. The summed E-state index contributed by atoms with van der Waals surface area (Å²) in [5.74, 6) is 0.559. The van der Waals surface area contributed by atoms with Crippen molar-refractivity contribution < 1.29 is 9.13 Å². The molecule has 0 saturated carbocycles. The monoisotopic (exact) mass is 257 g/mol. The van der Waals surface area contributed by atoms with E-state index >= 15 is 0 Å². The van der Waals surface area contributed by atoms with Crippen LogP contribution in [0, 0.1) is 12.7 Å². The number of fused-ring (bicyclic) bond motifs is 1. The Morgan fingerprint density at radius 3 is 2.74 bits per heavy atom. The summed E-state index contributed by atoms with van der Waals surface area (Å²) in [6.07, 6.45) is -0.310. The van der Waals surface area contributed by atoms with Crippen LogP contribution in [-0.2, 0) is 0 Å². The molecule has 0 bridgehead atoms. The van der Waals surface area contributed by atoms with Crippen molar-refractivity contribution in [3.63, 3.8) is 0 Å². The minimum Gasteiger partial charge on any atom is -0.481 e. The van der Waals surface area contributed by atoms with Crippen molar-refractivity contribution in [3.8, 4) is 5.75 Å². The van der Waals surface area contributed by atoms with E-state index in [-0.39, 0.29) is 18.0 Å². The van der Waals surface area contributed by atoms with Gasteiger partial charge < -0.3 is 10.1 Å². The third-order valence-electron chi connectivity index (χ3n) is 3.44. The number of hydrogen-bond donors (Lipinski definition) is 1. The largest absolute Gasteiger partial charge is 0.481 e. The van der Waals surface area contributed by atoms with Crippen molar-refractivity contribution in [1.82, 2.24) is 0 Å². The zero-order valence-electron chi connectivity index (χ0n) is 11.0. The van der Waals surface area contributed by atoms with Crippen LogP contribution >= 0.6 is 0 Å². The fraction of sp³-hybridized carbons (Fsp3) is 0.250. The predicted octanol–water partition coefficient (Wildman–Crippen LogP) is 4.07. The summed E-state index contributed by atoms with van der Waals surface area (Å²) < 4.78 is 19.9. The van der Waals surface area contributed by atoms with Crippen LogP contribution in [0.3, 0.4) is 0 Å². The number of ether oxygens (including phenoxy) is 1. The minimum absolute atomic E-state index is 0.0205. The van der Waals surface area contributed by atoms with Gasteiger partial charge in [-0.2, -0.15) is 0 Å². The molecule has 1 heterocycles. The fourth-order valence-electron chi connectivity index (χ4n) is 2.44. The second-order valence-corrected chi connectivity index (χ2v) is 4.99. The van der Waals surface area contributed by atoms with Crippen LogP contribution in [0.25, 0.3) is 0 Å². The van der Waals surface area contributed by atoms with E-state index in [9.17, 15) is 4.39 Å². The molecule has 2 nitrogen and oxygen atoms in total. The van der Waals surface area contributed by atoms with Crippen molar-refractivity contribution in [2.75, 3.05) is 5.32 Å². The Morgan fingerprint density at radius 1 is 1.16 bits per heavy atom. The molecule has 3 heteroatoms. The first-order valence-corrected chi connectivity index (χ1v) is 6.43. The van der Waals surface area contributed by atoms with E-state index in [2.05, 4.69) is 5.32 Å². The van der Waals surface area contributed by atoms with E-state index in [0.717, 1.165) is 17.0 Å². The maximum absolute atomic E-state index is 13.9. The summed E-state index contributed by atoms with van der Waals surface area (Å²) in [7, 11) is 0. The number of halogens is 1. The Hall–Kier alpha value is -2.03. The van der Waals surface area contributed by atoms with E-state index in [4.69, 9.17) is 4.74 Å². The first-order valence-electron chi connectivity index (χ1n) is 6.43. The molecular formula is C16H16FNO. The van der Waals surface area contributed by atoms with Crippen molar-refractivity contribution >= 4 is 5.69 Å². The lowest BCUT2D eigenvalue weighted by molar-refractivity contribution is 0.173. The van der Waals surface area contributed by atoms with Crippen LogP contribution in [0.5, 0.6) is 5.75 Å². The third-order valence-corrected chi connectivity index (χ3v) is 3.44. The topological polar surface area (TPSA) is 21.3 Å². The number of aryl methyl sites for hydroxylation is 1. The SMILES string of the molecule is Cc1ccc2c(c1)OC(c1ccccc1F)C(C)N2. The number of benzene rings is 2. The Balaban J connectivity index is 1.99. The fourth-order valence-corrected chi connectivity index (χ4v) is 2.44. The van der Waals surface area contributed by atoms with E-state index in [0.29, 0.717) is 5.56 Å². The lowest BCUT2D eigenvalue weighted by Gasteiger charge is -2.33. The molecule has 2 aromatic rings. The molecule has 19 heavy (non-hydrogen) atoms. The summed E-state index contributed by atoms with van der Waals surface area (Å²) in [5, 5.41) is 3.37. The van der Waals surface area contributed by atoms with E-state index in [1.54, 1.807) is 12.1 Å². The molecular weight excluding hydrogens is 241 g/mol. The van der Waals surface area contributed by atoms with Gasteiger partial charge in [-0.15, -0.1) is 0 Å². The van der Waals surface area contributed by atoms with Crippen molar-refractivity contribution in [3.05, 3.63) is 59.4 Å². The third kappa shape index (κ3) is 2.16. The molecule has 0 aliphatic carbocycles. The molecule has 1 N–H and O–H groups in total. The first-order chi connectivity index (χ1) is 9.15. The quantitative estimate of drug-likeness (QED) is 0.831. The first kappa shape index (κ1) is 12.0.